The number of hydrogen-bond acceptors (Lipinski definition) is 11. The molecule has 1 aliphatic rings. The highest BCUT2D eigenvalue weighted by molar-refractivity contribution is 5.73. The van der Waals surface area contributed by atoms with Gasteiger partial charge in [-0.05, 0) is 46.1 Å². The number of ether oxygens (including phenoxy) is 6. The first kappa shape index (κ1) is 33.1. The standard InChI is InChI=1S/C24H40N4O10/c1-14(29)27-19-21(36-17(4)32)20(35-16(3)31)18(13-33-15(2)30)37-22(19)38-24(7,8)10-12-34-23(5,6)9-11-26-28-25/h18-22H,9-13H2,1-8H3,(H,27,29). The molecule has 1 N–H and O–H groups in total. The predicted molar refractivity (Wildman–Crippen MR) is 132 cm³/mol. The van der Waals surface area contributed by atoms with Gasteiger partial charge in [-0.3, -0.25) is 19.2 Å². The molecule has 1 heterocycles. The number of rotatable bonds is 14. The third-order valence-electron chi connectivity index (χ3n) is 5.58. The molecule has 5 atom stereocenters. The molecular formula is C24H40N4O10. The molecule has 216 valence electrons. The molecule has 0 bridgehead atoms. The van der Waals surface area contributed by atoms with E-state index in [1.54, 1.807) is 13.8 Å². The largest absolute Gasteiger partial charge is 0.463 e. The van der Waals surface area contributed by atoms with E-state index >= 15 is 0 Å². The van der Waals surface area contributed by atoms with Gasteiger partial charge in [0.25, 0.3) is 0 Å². The van der Waals surface area contributed by atoms with Crippen LogP contribution in [0.15, 0.2) is 5.11 Å². The first-order valence-electron chi connectivity index (χ1n) is 12.3. The molecule has 0 spiro atoms. The summed E-state index contributed by atoms with van der Waals surface area (Å²) >= 11 is 0. The normalized spacial score (nSPS) is 23.5. The Morgan fingerprint density at radius 1 is 0.921 bits per heavy atom. The van der Waals surface area contributed by atoms with Gasteiger partial charge in [0, 0.05) is 39.2 Å². The molecule has 0 aliphatic carbocycles. The van der Waals surface area contributed by atoms with Crippen LogP contribution >= 0.6 is 0 Å². The Kier molecular flexibility index (Phi) is 12.9. The van der Waals surface area contributed by atoms with Crippen molar-refractivity contribution in [3.8, 4) is 0 Å². The summed E-state index contributed by atoms with van der Waals surface area (Å²) in [7, 11) is 0. The molecule has 14 heteroatoms. The number of esters is 3. The Morgan fingerprint density at radius 2 is 1.53 bits per heavy atom. The summed E-state index contributed by atoms with van der Waals surface area (Å²) in [6, 6.07) is -1.06. The molecule has 5 unspecified atom stereocenters. The molecule has 0 aromatic heterocycles. The van der Waals surface area contributed by atoms with Crippen LogP contribution in [0.3, 0.4) is 0 Å². The Morgan fingerprint density at radius 3 is 2.05 bits per heavy atom. The van der Waals surface area contributed by atoms with E-state index in [9.17, 15) is 19.2 Å². The van der Waals surface area contributed by atoms with Crippen molar-refractivity contribution in [2.75, 3.05) is 19.8 Å². The van der Waals surface area contributed by atoms with Gasteiger partial charge in [0.05, 0.1) is 17.8 Å². The topological polar surface area (TPSA) is 184 Å². The van der Waals surface area contributed by atoms with Gasteiger partial charge in [0.15, 0.2) is 18.5 Å². The van der Waals surface area contributed by atoms with Gasteiger partial charge in [-0.25, -0.2) is 0 Å². The minimum Gasteiger partial charge on any atom is -0.463 e. The Hall–Kier alpha value is -2.93. The van der Waals surface area contributed by atoms with Crippen molar-refractivity contribution in [3.63, 3.8) is 0 Å². The molecule has 1 fully saturated rings. The SMILES string of the molecule is CC(=O)NC1C(OC(C)(C)CCOC(C)(C)CCN=[N+]=[N-])OC(COC(C)=O)C(OC(C)=O)C1OC(C)=O. The van der Waals surface area contributed by atoms with Crippen LogP contribution in [0.5, 0.6) is 0 Å². The molecule has 0 aromatic rings. The lowest BCUT2D eigenvalue weighted by Crippen LogP contribution is -2.67. The maximum atomic E-state index is 12.1. The number of amides is 1. The van der Waals surface area contributed by atoms with Gasteiger partial charge in [0.2, 0.25) is 5.91 Å². The summed E-state index contributed by atoms with van der Waals surface area (Å²) < 4.78 is 34.2. The van der Waals surface area contributed by atoms with Gasteiger partial charge in [-0.1, -0.05) is 5.11 Å². The van der Waals surface area contributed by atoms with Gasteiger partial charge >= 0.3 is 17.9 Å². The van der Waals surface area contributed by atoms with Crippen LogP contribution in [0.4, 0.5) is 0 Å². The van der Waals surface area contributed by atoms with Crippen molar-refractivity contribution in [2.24, 2.45) is 5.11 Å². The molecule has 1 aliphatic heterocycles. The second-order valence-corrected chi connectivity index (χ2v) is 10.2. The monoisotopic (exact) mass is 544 g/mol. The summed E-state index contributed by atoms with van der Waals surface area (Å²) in [5, 5.41) is 6.21. The van der Waals surface area contributed by atoms with Crippen LogP contribution in [0.25, 0.3) is 10.4 Å². The fraction of sp³-hybridized carbons (Fsp3) is 0.833. The van der Waals surface area contributed by atoms with E-state index < -0.39 is 65.7 Å². The van der Waals surface area contributed by atoms with Gasteiger partial charge in [-0.2, -0.15) is 0 Å². The van der Waals surface area contributed by atoms with Crippen LogP contribution in [0.2, 0.25) is 0 Å². The summed E-state index contributed by atoms with van der Waals surface area (Å²) in [6.45, 7) is 12.4. The molecule has 38 heavy (non-hydrogen) atoms. The van der Waals surface area contributed by atoms with E-state index in [1.165, 1.54) is 27.7 Å². The molecule has 1 saturated heterocycles. The van der Waals surface area contributed by atoms with Crippen LogP contribution in [0.1, 0.15) is 68.2 Å². The fourth-order valence-corrected chi connectivity index (χ4v) is 3.77. The molecule has 1 rings (SSSR count). The number of azide groups is 1. The first-order chi connectivity index (χ1) is 17.6. The quantitative estimate of drug-likeness (QED) is 0.112. The van der Waals surface area contributed by atoms with Crippen LogP contribution in [-0.2, 0) is 47.6 Å². The maximum absolute atomic E-state index is 12.1. The van der Waals surface area contributed by atoms with Crippen molar-refractivity contribution in [1.82, 2.24) is 5.32 Å². The van der Waals surface area contributed by atoms with Crippen LogP contribution in [0, 0.1) is 0 Å². The highest BCUT2D eigenvalue weighted by Crippen LogP contribution is 2.31. The zero-order valence-electron chi connectivity index (χ0n) is 23.3. The van der Waals surface area contributed by atoms with Crippen molar-refractivity contribution in [2.45, 2.75) is 110 Å². The van der Waals surface area contributed by atoms with Crippen molar-refractivity contribution in [1.29, 1.82) is 0 Å². The first-order valence-corrected chi connectivity index (χ1v) is 12.3. The Balaban J connectivity index is 3.18. The third-order valence-corrected chi connectivity index (χ3v) is 5.58. The van der Waals surface area contributed by atoms with Crippen LogP contribution < -0.4 is 5.32 Å². The zero-order valence-corrected chi connectivity index (χ0v) is 23.3. The Bertz CT molecular complexity index is 887. The lowest BCUT2D eigenvalue weighted by molar-refractivity contribution is -0.301. The van der Waals surface area contributed by atoms with E-state index in [0.717, 1.165) is 0 Å². The van der Waals surface area contributed by atoms with E-state index in [1.807, 2.05) is 13.8 Å². The third kappa shape index (κ3) is 12.1. The number of nitrogens with zero attached hydrogens (tertiary/aromatic N) is 3. The Labute approximate surface area is 222 Å². The summed E-state index contributed by atoms with van der Waals surface area (Å²) in [5.41, 5.74) is 7.05. The van der Waals surface area contributed by atoms with E-state index in [-0.39, 0.29) is 13.2 Å². The van der Waals surface area contributed by atoms with E-state index in [2.05, 4.69) is 15.3 Å². The zero-order chi connectivity index (χ0) is 29.1. The molecule has 0 radical (unpaired) electrons. The number of carbonyl (C=O) groups excluding carboxylic acids is 4. The van der Waals surface area contributed by atoms with Gasteiger partial charge in [-0.15, -0.1) is 0 Å². The van der Waals surface area contributed by atoms with E-state index in [0.29, 0.717) is 19.4 Å². The predicted octanol–water partition coefficient (Wildman–Crippen LogP) is 2.32. The molecule has 1 amide bonds. The number of hydrogen-bond donors (Lipinski definition) is 1. The maximum Gasteiger partial charge on any atom is 0.303 e. The molecule has 0 aromatic carbocycles. The van der Waals surface area contributed by atoms with Crippen molar-refractivity contribution in [3.05, 3.63) is 10.4 Å². The number of carbonyl (C=O) groups is 4. The second-order valence-electron chi connectivity index (χ2n) is 10.2. The smallest absolute Gasteiger partial charge is 0.303 e. The average molecular weight is 545 g/mol. The summed E-state index contributed by atoms with van der Waals surface area (Å²) in [4.78, 5) is 50.2. The van der Waals surface area contributed by atoms with E-state index in [4.69, 9.17) is 34.0 Å². The molecule has 0 saturated carbocycles. The van der Waals surface area contributed by atoms with Crippen LogP contribution in [-0.4, -0.2) is 85.4 Å². The average Bonchev–Trinajstić information content (AvgIpc) is 2.75. The highest BCUT2D eigenvalue weighted by Gasteiger charge is 2.52. The van der Waals surface area contributed by atoms with Gasteiger partial charge < -0.3 is 33.7 Å². The van der Waals surface area contributed by atoms with Crippen molar-refractivity contribution < 1.29 is 47.6 Å². The summed E-state index contributed by atoms with van der Waals surface area (Å²) in [6.07, 6.45) is -3.72. The highest BCUT2D eigenvalue weighted by atomic mass is 16.7. The molecule has 14 nitrogen and oxygen atoms in total. The lowest BCUT2D eigenvalue weighted by atomic mass is 9.95. The fourth-order valence-electron chi connectivity index (χ4n) is 3.77. The van der Waals surface area contributed by atoms with Crippen molar-refractivity contribution >= 4 is 23.8 Å². The second kappa shape index (κ2) is 14.9. The molecular weight excluding hydrogens is 504 g/mol. The lowest BCUT2D eigenvalue weighted by Gasteiger charge is -2.46. The minimum atomic E-state index is -1.20. The van der Waals surface area contributed by atoms with Gasteiger partial charge in [0.1, 0.15) is 18.8 Å². The minimum absolute atomic E-state index is 0.286. The summed E-state index contributed by atoms with van der Waals surface area (Å²) in [5.74, 6) is -2.44. The number of nitrogens with one attached hydrogen (secondary N) is 1.